The summed E-state index contributed by atoms with van der Waals surface area (Å²) in [7, 11) is -6.60. The average molecular weight is 471 g/mol. The number of amides is 1. The van der Waals surface area contributed by atoms with Crippen molar-refractivity contribution in [2.24, 2.45) is 0 Å². The number of sulfone groups is 1. The van der Waals surface area contributed by atoms with E-state index in [0.717, 1.165) is 6.26 Å². The van der Waals surface area contributed by atoms with E-state index < -0.39 is 32.2 Å². The Balaban J connectivity index is 1.96. The van der Waals surface area contributed by atoms with Gasteiger partial charge in [0.25, 0.3) is 10.1 Å². The molecule has 1 aliphatic heterocycles. The van der Waals surface area contributed by atoms with Gasteiger partial charge in [0.1, 0.15) is 6.10 Å². The summed E-state index contributed by atoms with van der Waals surface area (Å²) in [5.74, 6) is -0.00502. The Morgan fingerprint density at radius 2 is 2.04 bits per heavy atom. The van der Waals surface area contributed by atoms with Crippen molar-refractivity contribution in [1.82, 2.24) is 4.98 Å². The fourth-order valence-electron chi connectivity index (χ4n) is 2.34. The van der Waals surface area contributed by atoms with E-state index >= 15 is 0 Å². The van der Waals surface area contributed by atoms with Crippen LogP contribution in [0.1, 0.15) is 18.5 Å². The molecule has 0 spiro atoms. The normalized spacial score (nSPS) is 17.6. The predicted molar refractivity (Wildman–Crippen MR) is 98.2 cm³/mol. The van der Waals surface area contributed by atoms with Crippen molar-refractivity contribution >= 4 is 47.7 Å². The van der Waals surface area contributed by atoms with Crippen LogP contribution in [0.4, 0.5) is 10.5 Å². The summed E-state index contributed by atoms with van der Waals surface area (Å²) >= 11 is 3.25. The Bertz CT molecular complexity index is 857. The molecule has 1 saturated heterocycles. The molecule has 0 atom stereocenters. The highest BCUT2D eigenvalue weighted by Gasteiger charge is 2.26. The van der Waals surface area contributed by atoms with Crippen molar-refractivity contribution < 1.29 is 30.6 Å². The van der Waals surface area contributed by atoms with Crippen molar-refractivity contribution in [2.45, 2.75) is 25.4 Å². The Kier molecular flexibility index (Phi) is 6.99. The number of halogens is 1. The quantitative estimate of drug-likeness (QED) is 0.618. The van der Waals surface area contributed by atoms with E-state index in [9.17, 15) is 21.6 Å². The number of rotatable bonds is 6. The van der Waals surface area contributed by atoms with Gasteiger partial charge in [-0.05, 0) is 34.8 Å². The third-order valence-corrected chi connectivity index (χ3v) is 6.33. The molecule has 1 aromatic heterocycles. The van der Waals surface area contributed by atoms with Crippen molar-refractivity contribution in [3.63, 3.8) is 0 Å². The minimum Gasteiger partial charge on any atom is -0.446 e. The van der Waals surface area contributed by atoms with Gasteiger partial charge < -0.3 is 4.74 Å². The Morgan fingerprint density at radius 3 is 2.65 bits per heavy atom. The molecule has 0 unspecified atom stereocenters. The molecule has 0 radical (unpaired) electrons. The molecule has 2 rings (SSSR count). The van der Waals surface area contributed by atoms with Crippen LogP contribution in [-0.2, 0) is 35.3 Å². The summed E-state index contributed by atoms with van der Waals surface area (Å²) in [4.78, 5) is 16.2. The minimum atomic E-state index is -3.57. The van der Waals surface area contributed by atoms with Gasteiger partial charge >= 0.3 is 6.09 Å². The lowest BCUT2D eigenvalue weighted by atomic mass is 10.2. The summed E-state index contributed by atoms with van der Waals surface area (Å²) in [5, 5.41) is 2.56. The minimum absolute atomic E-state index is 0.00251. The van der Waals surface area contributed by atoms with Crippen LogP contribution < -0.4 is 5.32 Å². The number of carbonyl (C=O) groups excluding carboxylic acids is 1. The number of nitrogens with zero attached hydrogens (tertiary/aromatic N) is 1. The summed E-state index contributed by atoms with van der Waals surface area (Å²) in [6.07, 6.45) is 1.97. The summed E-state index contributed by atoms with van der Waals surface area (Å²) < 4.78 is 55.4. The van der Waals surface area contributed by atoms with Crippen LogP contribution in [-0.4, -0.2) is 58.4 Å². The zero-order valence-corrected chi connectivity index (χ0v) is 17.2. The number of nitrogens with one attached hydrogen (secondary N) is 1. The molecular weight excluding hydrogens is 452 g/mol. The van der Waals surface area contributed by atoms with Crippen LogP contribution >= 0.6 is 15.9 Å². The summed E-state index contributed by atoms with van der Waals surface area (Å²) in [6, 6.07) is 1.61. The fourth-order valence-corrected chi connectivity index (χ4v) is 4.51. The SMILES string of the molecule is CS(=O)(=O)OCCc1ncc(Br)cc1NC(=O)OC1CCS(=O)(=O)CC1. The molecule has 1 N–H and O–H groups in total. The third-order valence-electron chi connectivity index (χ3n) is 3.59. The molecule has 12 heteroatoms. The smallest absolute Gasteiger partial charge is 0.411 e. The van der Waals surface area contributed by atoms with E-state index in [2.05, 4.69) is 30.4 Å². The second-order valence-corrected chi connectivity index (χ2v) is 10.7. The number of ether oxygens (including phenoxy) is 1. The zero-order valence-electron chi connectivity index (χ0n) is 14.0. The van der Waals surface area contributed by atoms with Gasteiger partial charge in [0.15, 0.2) is 9.84 Å². The highest BCUT2D eigenvalue weighted by molar-refractivity contribution is 9.10. The van der Waals surface area contributed by atoms with Gasteiger partial charge in [0.2, 0.25) is 0 Å². The van der Waals surface area contributed by atoms with Crippen molar-refractivity contribution in [1.29, 1.82) is 0 Å². The van der Waals surface area contributed by atoms with Gasteiger partial charge in [-0.3, -0.25) is 14.5 Å². The summed E-state index contributed by atoms with van der Waals surface area (Å²) in [6.45, 7) is -0.113. The molecule has 1 amide bonds. The lowest BCUT2D eigenvalue weighted by Gasteiger charge is -2.22. The standard InChI is InChI=1S/C14H19BrN2O7S2/c1-25(19,20)23-5-2-12-13(8-10(15)9-16-12)17-14(18)24-11-3-6-26(21,22)7-4-11/h8-9,11H,2-7H2,1H3,(H,17,18). The van der Waals surface area contributed by atoms with Gasteiger partial charge in [0, 0.05) is 17.1 Å². The number of pyridine rings is 1. The lowest BCUT2D eigenvalue weighted by Crippen LogP contribution is -2.32. The first kappa shape index (κ1) is 21.1. The molecule has 1 fully saturated rings. The van der Waals surface area contributed by atoms with Gasteiger partial charge in [-0.25, -0.2) is 13.2 Å². The van der Waals surface area contributed by atoms with Crippen molar-refractivity contribution in [3.8, 4) is 0 Å². The van der Waals surface area contributed by atoms with Gasteiger partial charge in [-0.2, -0.15) is 8.42 Å². The molecule has 0 bridgehead atoms. The van der Waals surface area contributed by atoms with Crippen molar-refractivity contribution in [3.05, 3.63) is 22.4 Å². The predicted octanol–water partition coefficient (Wildman–Crippen LogP) is 1.49. The molecular formula is C14H19BrN2O7S2. The van der Waals surface area contributed by atoms with Crippen LogP contribution in [0.2, 0.25) is 0 Å². The molecule has 0 aromatic carbocycles. The molecule has 26 heavy (non-hydrogen) atoms. The molecule has 0 aliphatic carbocycles. The van der Waals surface area contributed by atoms with Gasteiger partial charge in [-0.15, -0.1) is 0 Å². The first-order chi connectivity index (χ1) is 12.0. The maximum Gasteiger partial charge on any atom is 0.411 e. The van der Waals surface area contributed by atoms with Crippen LogP contribution in [0.15, 0.2) is 16.7 Å². The fraction of sp³-hybridized carbons (Fsp3) is 0.571. The van der Waals surface area contributed by atoms with E-state index in [-0.39, 0.29) is 37.4 Å². The monoisotopic (exact) mass is 470 g/mol. The number of anilines is 1. The number of carbonyl (C=O) groups is 1. The lowest BCUT2D eigenvalue weighted by molar-refractivity contribution is 0.104. The Hall–Kier alpha value is -1.24. The second-order valence-electron chi connectivity index (χ2n) is 5.81. The van der Waals surface area contributed by atoms with Crippen LogP contribution in [0.3, 0.4) is 0 Å². The number of hydrogen-bond donors (Lipinski definition) is 1. The average Bonchev–Trinajstić information content (AvgIpc) is 2.50. The van der Waals surface area contributed by atoms with E-state index in [1.54, 1.807) is 6.07 Å². The first-order valence-corrected chi connectivity index (χ1v) is 12.1. The van der Waals surface area contributed by atoms with Crippen LogP contribution in [0.25, 0.3) is 0 Å². The first-order valence-electron chi connectivity index (χ1n) is 7.71. The molecule has 1 aliphatic rings. The molecule has 146 valence electrons. The van der Waals surface area contributed by atoms with E-state index in [1.807, 2.05) is 0 Å². The van der Waals surface area contributed by atoms with Crippen molar-refractivity contribution in [2.75, 3.05) is 29.7 Å². The number of hydrogen-bond acceptors (Lipinski definition) is 8. The highest BCUT2D eigenvalue weighted by atomic mass is 79.9. The van der Waals surface area contributed by atoms with Crippen LogP contribution in [0.5, 0.6) is 0 Å². The Morgan fingerprint density at radius 1 is 1.38 bits per heavy atom. The van der Waals surface area contributed by atoms with Crippen LogP contribution in [0, 0.1) is 0 Å². The van der Waals surface area contributed by atoms with Gasteiger partial charge in [0.05, 0.1) is 35.7 Å². The molecule has 0 saturated carbocycles. The summed E-state index contributed by atoms with van der Waals surface area (Å²) in [5.41, 5.74) is 0.782. The Labute approximate surface area is 160 Å². The zero-order chi connectivity index (χ0) is 19.4. The number of aromatic nitrogens is 1. The maximum absolute atomic E-state index is 12.1. The second kappa shape index (κ2) is 8.63. The molecule has 9 nitrogen and oxygen atoms in total. The van der Waals surface area contributed by atoms with E-state index in [0.29, 0.717) is 15.9 Å². The van der Waals surface area contributed by atoms with Gasteiger partial charge in [-0.1, -0.05) is 0 Å². The molecule has 1 aromatic rings. The highest BCUT2D eigenvalue weighted by Crippen LogP contribution is 2.21. The maximum atomic E-state index is 12.1. The molecule has 2 heterocycles. The topological polar surface area (TPSA) is 129 Å². The largest absolute Gasteiger partial charge is 0.446 e. The van der Waals surface area contributed by atoms with E-state index in [4.69, 9.17) is 4.74 Å². The third kappa shape index (κ3) is 7.17. The van der Waals surface area contributed by atoms with E-state index in [1.165, 1.54) is 6.20 Å².